The first-order valence-corrected chi connectivity index (χ1v) is 22.0. The molecular weight excluding hydrogens is 797 g/mol. The summed E-state index contributed by atoms with van der Waals surface area (Å²) in [6.45, 7) is 12.8. The van der Waals surface area contributed by atoms with Gasteiger partial charge in [0.25, 0.3) is 11.7 Å². The maximum atomic E-state index is 14.6. The summed E-state index contributed by atoms with van der Waals surface area (Å²) >= 11 is 0. The number of hydrogen-bond donors (Lipinski definition) is 7. The number of nitrogens with one attached hydrogen (secondary N) is 2. The van der Waals surface area contributed by atoms with Gasteiger partial charge in [0.1, 0.15) is 23.4 Å². The Morgan fingerprint density at radius 2 is 1.52 bits per heavy atom. The quantitative estimate of drug-likeness (QED) is 0.0936. The number of benzene rings is 2. The maximum absolute atomic E-state index is 14.6. The van der Waals surface area contributed by atoms with Crippen LogP contribution in [0.4, 0.5) is 5.69 Å². The summed E-state index contributed by atoms with van der Waals surface area (Å²) in [5.41, 5.74) is 0.0553. The average Bonchev–Trinajstić information content (AvgIpc) is 3.48. The fraction of sp³-hybridized carbons (Fsp3) is 0.604. The molecule has 338 valence electrons. The third-order valence-corrected chi connectivity index (χ3v) is 14.8. The lowest BCUT2D eigenvalue weighted by Gasteiger charge is -2.57. The molecule has 1 amide bonds. The normalized spacial score (nSPS) is 38.0. The van der Waals surface area contributed by atoms with Crippen LogP contribution in [0.1, 0.15) is 108 Å². The van der Waals surface area contributed by atoms with Gasteiger partial charge in [0.05, 0.1) is 41.2 Å². The number of amides is 1. The summed E-state index contributed by atoms with van der Waals surface area (Å²) in [6, 6.07) is 0. The van der Waals surface area contributed by atoms with E-state index < -0.39 is 88.8 Å². The molecule has 9 atom stereocenters. The van der Waals surface area contributed by atoms with Crippen molar-refractivity contribution in [3.8, 4) is 23.0 Å². The van der Waals surface area contributed by atoms with Crippen LogP contribution in [0.2, 0.25) is 0 Å². The summed E-state index contributed by atoms with van der Waals surface area (Å²) < 4.78 is 23.8. The number of methoxy groups -OCH3 is 1. The van der Waals surface area contributed by atoms with Gasteiger partial charge in [-0.2, -0.15) is 0 Å². The summed E-state index contributed by atoms with van der Waals surface area (Å²) in [5.74, 6) is -5.93. The van der Waals surface area contributed by atoms with E-state index in [1.54, 1.807) is 52.8 Å². The van der Waals surface area contributed by atoms with Crippen molar-refractivity contribution in [2.45, 2.75) is 136 Å². The molecule has 9 bridgehead atoms. The fourth-order valence-corrected chi connectivity index (χ4v) is 11.6. The van der Waals surface area contributed by atoms with E-state index in [4.69, 9.17) is 18.9 Å². The summed E-state index contributed by atoms with van der Waals surface area (Å²) in [5, 5.41) is 65.4. The van der Waals surface area contributed by atoms with Crippen molar-refractivity contribution in [2.24, 2.45) is 41.4 Å². The number of anilines is 1. The van der Waals surface area contributed by atoms with Gasteiger partial charge in [-0.25, -0.2) is 0 Å². The molecule has 62 heavy (non-hydrogen) atoms. The fourth-order valence-electron chi connectivity index (χ4n) is 11.6. The lowest BCUT2D eigenvalue weighted by atomic mass is 9.53. The van der Waals surface area contributed by atoms with Crippen molar-refractivity contribution in [2.75, 3.05) is 12.4 Å². The molecule has 4 aliphatic carbocycles. The number of hydrogen-bond acceptors (Lipinski definition) is 13. The number of ketones is 1. The van der Waals surface area contributed by atoms with Crippen LogP contribution in [0, 0.1) is 48.3 Å². The molecule has 4 saturated carbocycles. The zero-order valence-electron chi connectivity index (χ0n) is 37.3. The van der Waals surface area contributed by atoms with Crippen molar-refractivity contribution in [1.82, 2.24) is 5.32 Å². The molecule has 0 unspecified atom stereocenters. The van der Waals surface area contributed by atoms with Crippen molar-refractivity contribution < 1.29 is 58.9 Å². The van der Waals surface area contributed by atoms with Gasteiger partial charge >= 0.3 is 11.8 Å². The first-order valence-electron chi connectivity index (χ1n) is 22.0. The number of carbonyl (C=O) groups is 3. The molecule has 14 heteroatoms. The molecule has 14 nitrogen and oxygen atoms in total. The van der Waals surface area contributed by atoms with E-state index in [2.05, 4.69) is 10.6 Å². The molecular formula is C48H64N2O12. The molecule has 4 fully saturated rings. The number of ether oxygens (including phenoxy) is 4. The third kappa shape index (κ3) is 8.08. The molecule has 2 aromatic carbocycles. The predicted molar refractivity (Wildman–Crippen MR) is 232 cm³/mol. The second-order valence-electron chi connectivity index (χ2n) is 19.2. The Kier molecular flexibility index (Phi) is 12.6. The maximum Gasteiger partial charge on any atom is 0.312 e. The van der Waals surface area contributed by atoms with E-state index in [1.165, 1.54) is 59.5 Å². The van der Waals surface area contributed by atoms with E-state index in [9.17, 15) is 39.9 Å². The molecule has 7 aliphatic rings. The van der Waals surface area contributed by atoms with Gasteiger partial charge < -0.3 is 55.1 Å². The monoisotopic (exact) mass is 860 g/mol. The van der Waals surface area contributed by atoms with Gasteiger partial charge in [-0.3, -0.25) is 14.4 Å². The Bertz CT molecular complexity index is 2180. The molecule has 2 aromatic rings. The van der Waals surface area contributed by atoms with Crippen LogP contribution >= 0.6 is 0 Å². The minimum atomic E-state index is -2.01. The standard InChI is InChI=1S/C48H64N2O12/c1-22-11-10-12-23(2)46(58)50-37-32(21-49-48-18-29-15-30(19-48)17-31(16-29)20-48)41(55)34-35(42(37)56)40(54)27(6)44-36(34)45(57)47(8,62-44)60-14-13-33(59-9)24(3)43(61-28(7)51)26(5)39(53)25(4)38(22)52/h10-14,22,24-26,29-31,33,38-39,43,49,52-56H,15-21H2,1-9H3,(H,50,58)/b11-10+,14-13+,23-12-/t22-,24+,25+,26+,29?,30?,31?,33-,38-,39+,43+,47-,48?/m0/s1. The number of fused-ring (bicyclic) bond motifs is 14. The van der Waals surface area contributed by atoms with Crippen molar-refractivity contribution in [3.05, 3.63) is 52.8 Å². The van der Waals surface area contributed by atoms with Crippen molar-refractivity contribution in [3.63, 3.8) is 0 Å². The van der Waals surface area contributed by atoms with Crippen LogP contribution in [-0.2, 0) is 30.3 Å². The smallest absolute Gasteiger partial charge is 0.312 e. The van der Waals surface area contributed by atoms with Crippen LogP contribution in [0.3, 0.4) is 0 Å². The number of esters is 1. The molecule has 3 aliphatic heterocycles. The number of phenols is 3. The molecule has 3 heterocycles. The zero-order chi connectivity index (χ0) is 45.2. The number of aliphatic hydroxyl groups is 2. The highest BCUT2D eigenvalue weighted by molar-refractivity contribution is 6.22. The molecule has 0 spiro atoms. The van der Waals surface area contributed by atoms with Crippen LogP contribution in [0.5, 0.6) is 23.0 Å². The Hall–Kier alpha value is -4.63. The summed E-state index contributed by atoms with van der Waals surface area (Å²) in [4.78, 5) is 41.0. The second-order valence-corrected chi connectivity index (χ2v) is 19.2. The number of aliphatic hydroxyl groups excluding tert-OH is 2. The number of Topliss-reactive ketones (excluding diaryl/α,β-unsaturated/α-hetero) is 1. The van der Waals surface area contributed by atoms with Crippen LogP contribution in [0.25, 0.3) is 10.8 Å². The molecule has 0 aromatic heterocycles. The highest BCUT2D eigenvalue weighted by Gasteiger charge is 2.52. The average molecular weight is 861 g/mol. The molecule has 7 N–H and O–H groups in total. The van der Waals surface area contributed by atoms with Gasteiger partial charge in [0.15, 0.2) is 5.75 Å². The Labute approximate surface area is 363 Å². The minimum Gasteiger partial charge on any atom is -0.507 e. The van der Waals surface area contributed by atoms with Gasteiger partial charge in [0.2, 0.25) is 0 Å². The van der Waals surface area contributed by atoms with Gasteiger partial charge in [-0.1, -0.05) is 45.9 Å². The minimum absolute atomic E-state index is 0.0394. The first kappa shape index (κ1) is 45.4. The van der Waals surface area contributed by atoms with E-state index in [-0.39, 0.29) is 56.6 Å². The Balaban J connectivity index is 1.35. The number of allylic oxidation sites excluding steroid dienone is 2. The van der Waals surface area contributed by atoms with Crippen LogP contribution < -0.4 is 15.4 Å². The van der Waals surface area contributed by atoms with E-state index in [1.807, 2.05) is 0 Å². The van der Waals surface area contributed by atoms with E-state index >= 15 is 0 Å². The van der Waals surface area contributed by atoms with E-state index in [0.29, 0.717) is 17.8 Å². The van der Waals surface area contributed by atoms with Crippen LogP contribution in [0.15, 0.2) is 36.1 Å². The van der Waals surface area contributed by atoms with Crippen LogP contribution in [-0.4, -0.2) is 86.0 Å². The van der Waals surface area contributed by atoms with Crippen molar-refractivity contribution >= 4 is 34.1 Å². The lowest BCUT2D eigenvalue weighted by molar-refractivity contribution is -0.160. The number of aromatic hydroxyl groups is 3. The van der Waals surface area contributed by atoms with Gasteiger partial charge in [0, 0.05) is 78.8 Å². The van der Waals surface area contributed by atoms with Gasteiger partial charge in [-0.15, -0.1) is 0 Å². The Morgan fingerprint density at radius 1 is 0.887 bits per heavy atom. The topological polar surface area (TPSA) is 213 Å². The summed E-state index contributed by atoms with van der Waals surface area (Å²) in [6.07, 6.45) is 10.4. The summed E-state index contributed by atoms with van der Waals surface area (Å²) in [7, 11) is 1.46. The van der Waals surface area contributed by atoms with Crippen molar-refractivity contribution in [1.29, 1.82) is 0 Å². The second kappa shape index (κ2) is 17.2. The number of rotatable bonds is 5. The largest absolute Gasteiger partial charge is 0.507 e. The molecule has 0 radical (unpaired) electrons. The SMILES string of the molecule is CO[C@H]1/C=C/O[C@@]2(C)Oc3c(C)c(O)c4c(O)c(c(CNC56CC7CC(CC(C7)C5)C6)c(O)c4c3C2=O)NC(=O)/C(C)=C\C=C\[C@H](C)[C@H](O)[C@@H](C)[C@@H](O)[C@@H](C)[C@H](OC(C)=O)[C@@H]1C. The van der Waals surface area contributed by atoms with Gasteiger partial charge in [-0.05, 0) is 76.2 Å². The highest BCUT2D eigenvalue weighted by atomic mass is 16.7. The predicted octanol–water partition coefficient (Wildman–Crippen LogP) is 6.81. The molecule has 9 rings (SSSR count). The first-order chi connectivity index (χ1) is 29.2. The Morgan fingerprint density at radius 3 is 2.11 bits per heavy atom. The highest BCUT2D eigenvalue weighted by Crippen LogP contribution is 2.58. The zero-order valence-corrected chi connectivity index (χ0v) is 37.3. The third-order valence-electron chi connectivity index (χ3n) is 14.8. The number of phenolic OH excluding ortho intramolecular Hbond substituents is 3. The molecule has 0 saturated heterocycles. The van der Waals surface area contributed by atoms with E-state index in [0.717, 1.165) is 19.3 Å². The lowest BCUT2D eigenvalue weighted by Crippen LogP contribution is -2.58. The number of carbonyl (C=O) groups excluding carboxylic acids is 3.